The molecule has 0 aliphatic heterocycles. The van der Waals surface area contributed by atoms with Crippen molar-refractivity contribution >= 4 is 6.21 Å². The zero-order valence-corrected chi connectivity index (χ0v) is 14.7. The van der Waals surface area contributed by atoms with Gasteiger partial charge in [-0.2, -0.15) is 9.36 Å². The number of nitrogens with zero attached hydrogens (tertiary/aromatic N) is 5. The van der Waals surface area contributed by atoms with Crippen LogP contribution in [0.5, 0.6) is 0 Å². The van der Waals surface area contributed by atoms with Gasteiger partial charge in [-0.1, -0.05) is 37.2 Å². The van der Waals surface area contributed by atoms with Gasteiger partial charge in [-0.15, -0.1) is 0 Å². The van der Waals surface area contributed by atoms with Gasteiger partial charge in [-0.3, -0.25) is 0 Å². The van der Waals surface area contributed by atoms with E-state index in [1.165, 1.54) is 9.36 Å². The van der Waals surface area contributed by atoms with E-state index < -0.39 is 0 Å². The molecule has 24 heavy (non-hydrogen) atoms. The van der Waals surface area contributed by atoms with Gasteiger partial charge in [0.2, 0.25) is 0 Å². The third-order valence-electron chi connectivity index (χ3n) is 3.52. The molecule has 1 unspecified atom stereocenters. The average molecular weight is 329 g/mol. The lowest BCUT2D eigenvalue weighted by Crippen LogP contribution is -2.23. The third kappa shape index (κ3) is 3.98. The van der Waals surface area contributed by atoms with E-state index in [2.05, 4.69) is 29.4 Å². The van der Waals surface area contributed by atoms with Gasteiger partial charge in [0.15, 0.2) is 6.10 Å². The monoisotopic (exact) mass is 329 g/mol. The van der Waals surface area contributed by atoms with E-state index in [4.69, 9.17) is 4.84 Å². The van der Waals surface area contributed by atoms with Crippen LogP contribution >= 0.6 is 0 Å². The minimum absolute atomic E-state index is 0.308. The second-order valence-electron chi connectivity index (χ2n) is 5.94. The number of allylic oxidation sites excluding steroid dienone is 2. The molecule has 1 atom stereocenters. The van der Waals surface area contributed by atoms with E-state index in [1.54, 1.807) is 13.3 Å². The van der Waals surface area contributed by atoms with Crippen LogP contribution in [0.15, 0.2) is 40.3 Å². The predicted molar refractivity (Wildman–Crippen MR) is 93.3 cm³/mol. The molecule has 0 saturated carbocycles. The number of oxime groups is 1. The summed E-state index contributed by atoms with van der Waals surface area (Å²) in [4.78, 5) is 17.7. The highest BCUT2D eigenvalue weighted by atomic mass is 16.6. The first-order valence-electron chi connectivity index (χ1n) is 7.86. The van der Waals surface area contributed by atoms with Crippen molar-refractivity contribution in [1.82, 2.24) is 19.8 Å². The number of tetrazole rings is 1. The van der Waals surface area contributed by atoms with E-state index in [-0.39, 0.29) is 11.8 Å². The lowest BCUT2D eigenvalue weighted by molar-refractivity contribution is 0.0731. The van der Waals surface area contributed by atoms with Gasteiger partial charge >= 0.3 is 5.69 Å². The molecule has 0 saturated heterocycles. The standard InChI is InChI=1S/C17H23N5O2/c1-12(2)8-7-11-18-24-14(4)16-13(3)9-6-10-15(16)22-17(23)21(5)19-20-22/h6-12,14H,1-5H3. The summed E-state index contributed by atoms with van der Waals surface area (Å²) in [6.45, 7) is 8.03. The molecule has 0 radical (unpaired) electrons. The Morgan fingerprint density at radius 1 is 1.25 bits per heavy atom. The van der Waals surface area contributed by atoms with Crippen LogP contribution in [0.2, 0.25) is 0 Å². The van der Waals surface area contributed by atoms with Crippen LogP contribution in [-0.2, 0) is 11.9 Å². The van der Waals surface area contributed by atoms with Crippen LogP contribution in [0.25, 0.3) is 5.69 Å². The Kier molecular flexibility index (Phi) is 5.68. The van der Waals surface area contributed by atoms with E-state index >= 15 is 0 Å². The van der Waals surface area contributed by atoms with Crippen LogP contribution in [0.4, 0.5) is 0 Å². The molecule has 7 nitrogen and oxygen atoms in total. The molecule has 0 spiro atoms. The van der Waals surface area contributed by atoms with Gasteiger partial charge in [0, 0.05) is 12.6 Å². The molecular formula is C17H23N5O2. The van der Waals surface area contributed by atoms with Crippen molar-refractivity contribution in [1.29, 1.82) is 0 Å². The molecule has 128 valence electrons. The highest BCUT2D eigenvalue weighted by Gasteiger charge is 2.18. The minimum atomic E-state index is -0.334. The second-order valence-corrected chi connectivity index (χ2v) is 5.94. The SMILES string of the molecule is Cc1cccc(-n2nnn(C)c2=O)c1C(C)ON=CC=CC(C)C. The molecule has 7 heteroatoms. The number of rotatable bonds is 6. The molecule has 0 amide bonds. The van der Waals surface area contributed by atoms with Gasteiger partial charge < -0.3 is 4.84 Å². The quantitative estimate of drug-likeness (QED) is 0.603. The summed E-state index contributed by atoms with van der Waals surface area (Å²) in [5.74, 6) is 0.459. The fourth-order valence-corrected chi connectivity index (χ4v) is 2.33. The van der Waals surface area contributed by atoms with Crippen LogP contribution in [0.1, 0.15) is 38.0 Å². The molecule has 1 aromatic heterocycles. The van der Waals surface area contributed by atoms with Crippen LogP contribution < -0.4 is 5.69 Å². The van der Waals surface area contributed by atoms with Gasteiger partial charge in [0.25, 0.3) is 0 Å². The van der Waals surface area contributed by atoms with Gasteiger partial charge in [0.1, 0.15) is 0 Å². The van der Waals surface area contributed by atoms with Crippen molar-refractivity contribution in [3.63, 3.8) is 0 Å². The van der Waals surface area contributed by atoms with Gasteiger partial charge in [-0.05, 0) is 47.9 Å². The summed E-state index contributed by atoms with van der Waals surface area (Å²) in [5.41, 5.74) is 2.18. The van der Waals surface area contributed by atoms with Crippen molar-refractivity contribution in [3.8, 4) is 5.69 Å². The van der Waals surface area contributed by atoms with E-state index in [0.717, 1.165) is 11.1 Å². The highest BCUT2D eigenvalue weighted by molar-refractivity contribution is 5.70. The summed E-state index contributed by atoms with van der Waals surface area (Å²) < 4.78 is 2.46. The smallest absolute Gasteiger partial charge is 0.368 e. The maximum atomic E-state index is 12.1. The molecule has 0 bridgehead atoms. The molecule has 2 rings (SSSR count). The molecule has 0 aliphatic rings. The average Bonchev–Trinajstić information content (AvgIpc) is 2.85. The van der Waals surface area contributed by atoms with Crippen molar-refractivity contribution in [3.05, 3.63) is 52.0 Å². The Morgan fingerprint density at radius 2 is 2.00 bits per heavy atom. The summed E-state index contributed by atoms with van der Waals surface area (Å²) >= 11 is 0. The maximum Gasteiger partial charge on any atom is 0.368 e. The minimum Gasteiger partial charge on any atom is -0.388 e. The number of hydrogen-bond donors (Lipinski definition) is 0. The molecule has 0 aliphatic carbocycles. The van der Waals surface area contributed by atoms with Crippen molar-refractivity contribution in [2.75, 3.05) is 0 Å². The molecule has 1 heterocycles. The zero-order chi connectivity index (χ0) is 17.7. The van der Waals surface area contributed by atoms with Crippen molar-refractivity contribution in [2.45, 2.75) is 33.8 Å². The van der Waals surface area contributed by atoms with Gasteiger partial charge in [-0.25, -0.2) is 4.79 Å². The summed E-state index contributed by atoms with van der Waals surface area (Å²) in [6, 6.07) is 5.65. The Bertz CT molecular complexity index is 802. The normalized spacial score (nSPS) is 13.2. The lowest BCUT2D eigenvalue weighted by atomic mass is 10.0. The number of aromatic nitrogens is 4. The van der Waals surface area contributed by atoms with E-state index in [0.29, 0.717) is 11.6 Å². The fourth-order valence-electron chi connectivity index (χ4n) is 2.33. The maximum absolute atomic E-state index is 12.1. The molecule has 0 fully saturated rings. The van der Waals surface area contributed by atoms with Crippen molar-refractivity contribution < 1.29 is 4.84 Å². The van der Waals surface area contributed by atoms with Crippen molar-refractivity contribution in [2.24, 2.45) is 18.1 Å². The largest absolute Gasteiger partial charge is 0.388 e. The molecule has 2 aromatic rings. The first-order chi connectivity index (χ1) is 11.4. The Balaban J connectivity index is 2.30. The summed E-state index contributed by atoms with van der Waals surface area (Å²) in [7, 11) is 1.56. The Hall–Kier alpha value is -2.70. The third-order valence-corrected chi connectivity index (χ3v) is 3.52. The predicted octanol–water partition coefficient (Wildman–Crippen LogP) is 2.55. The lowest BCUT2D eigenvalue weighted by Gasteiger charge is -2.16. The van der Waals surface area contributed by atoms with Crippen LogP contribution in [0.3, 0.4) is 0 Å². The first-order valence-corrected chi connectivity index (χ1v) is 7.86. The highest BCUT2D eigenvalue weighted by Crippen LogP contribution is 2.26. The zero-order valence-electron chi connectivity index (χ0n) is 14.7. The fraction of sp³-hybridized carbons (Fsp3) is 0.412. The second kappa shape index (κ2) is 7.72. The topological polar surface area (TPSA) is 74.3 Å². The Labute approximate surface area is 141 Å². The number of aryl methyl sites for hydroxylation is 2. The van der Waals surface area contributed by atoms with Crippen LogP contribution in [-0.4, -0.2) is 26.0 Å². The molecular weight excluding hydrogens is 306 g/mol. The van der Waals surface area contributed by atoms with Crippen LogP contribution in [0, 0.1) is 12.8 Å². The molecule has 0 N–H and O–H groups in total. The molecule has 1 aromatic carbocycles. The first kappa shape index (κ1) is 17.7. The number of benzene rings is 1. The summed E-state index contributed by atoms with van der Waals surface area (Å²) in [6.07, 6.45) is 5.15. The Morgan fingerprint density at radius 3 is 2.62 bits per heavy atom. The van der Waals surface area contributed by atoms with E-state index in [9.17, 15) is 4.79 Å². The van der Waals surface area contributed by atoms with E-state index in [1.807, 2.05) is 44.2 Å². The number of hydrogen-bond acceptors (Lipinski definition) is 5. The van der Waals surface area contributed by atoms with Gasteiger partial charge in [0.05, 0.1) is 11.9 Å². The summed E-state index contributed by atoms with van der Waals surface area (Å²) in [5, 5.41) is 11.7.